The Bertz CT molecular complexity index is 581. The molecule has 0 aromatic heterocycles. The number of urea groups is 1. The van der Waals surface area contributed by atoms with Gasteiger partial charge >= 0.3 is 6.03 Å². The van der Waals surface area contributed by atoms with E-state index in [1.165, 1.54) is 6.42 Å². The molecule has 124 valence electrons. The maximum atomic E-state index is 11.9. The van der Waals surface area contributed by atoms with Crippen LogP contribution in [-0.2, 0) is 0 Å². The van der Waals surface area contributed by atoms with E-state index in [-0.39, 0.29) is 18.0 Å². The molecule has 0 spiro atoms. The molecular formula is C14H20N6O3. The number of hydrazine groups is 1. The number of anilines is 1. The Balaban J connectivity index is 1.86. The molecule has 1 aliphatic carbocycles. The number of aliphatic imine (C=N–C) groups is 1. The highest BCUT2D eigenvalue weighted by atomic mass is 16.7. The lowest BCUT2D eigenvalue weighted by molar-refractivity contribution is -0.525. The predicted octanol–water partition coefficient (Wildman–Crippen LogP) is 1.87. The lowest BCUT2D eigenvalue weighted by Crippen LogP contribution is -2.38. The molecule has 1 aromatic carbocycles. The van der Waals surface area contributed by atoms with Crippen LogP contribution in [0.4, 0.5) is 16.2 Å². The van der Waals surface area contributed by atoms with E-state index in [4.69, 9.17) is 5.73 Å². The molecule has 0 radical (unpaired) electrons. The van der Waals surface area contributed by atoms with Crippen molar-refractivity contribution < 1.29 is 9.83 Å². The first-order valence-corrected chi connectivity index (χ1v) is 7.46. The molecule has 1 fully saturated rings. The third-order valence-corrected chi connectivity index (χ3v) is 3.52. The van der Waals surface area contributed by atoms with Crippen molar-refractivity contribution in [2.24, 2.45) is 10.7 Å². The van der Waals surface area contributed by atoms with E-state index >= 15 is 0 Å². The maximum Gasteiger partial charge on any atom is 0.319 e. The summed E-state index contributed by atoms with van der Waals surface area (Å²) in [4.78, 5) is 26.0. The number of rotatable bonds is 4. The summed E-state index contributed by atoms with van der Waals surface area (Å²) in [7, 11) is 0. The Kier molecular flexibility index (Phi) is 5.73. The summed E-state index contributed by atoms with van der Waals surface area (Å²) in [5, 5.41) is 15.1. The van der Waals surface area contributed by atoms with Crippen LogP contribution in [0.2, 0.25) is 0 Å². The third-order valence-electron chi connectivity index (χ3n) is 3.52. The highest BCUT2D eigenvalue weighted by Gasteiger charge is 2.15. The molecule has 0 heterocycles. The molecule has 0 saturated heterocycles. The van der Waals surface area contributed by atoms with E-state index in [0.717, 1.165) is 25.7 Å². The summed E-state index contributed by atoms with van der Waals surface area (Å²) in [5.41, 5.74) is 8.15. The van der Waals surface area contributed by atoms with Crippen LogP contribution >= 0.6 is 0 Å². The number of nitro groups is 1. The summed E-state index contributed by atoms with van der Waals surface area (Å²) >= 11 is 0. The highest BCUT2D eigenvalue weighted by Crippen LogP contribution is 2.18. The molecule has 2 rings (SSSR count). The number of carbonyl (C=O) groups is 1. The van der Waals surface area contributed by atoms with Gasteiger partial charge in [-0.1, -0.05) is 24.7 Å². The van der Waals surface area contributed by atoms with Gasteiger partial charge in [0.15, 0.2) is 5.03 Å². The predicted molar refractivity (Wildman–Crippen MR) is 86.9 cm³/mol. The number of hydrogen-bond donors (Lipinski definition) is 4. The molecule has 2 amide bonds. The third kappa shape index (κ3) is 5.81. The molecule has 0 aliphatic heterocycles. The number of guanidine groups is 1. The van der Waals surface area contributed by atoms with Crippen LogP contribution in [0, 0.1) is 10.1 Å². The zero-order chi connectivity index (χ0) is 16.7. The molecular weight excluding hydrogens is 300 g/mol. The summed E-state index contributed by atoms with van der Waals surface area (Å²) in [6.07, 6.45) is 5.57. The molecule has 9 nitrogen and oxygen atoms in total. The van der Waals surface area contributed by atoms with E-state index in [9.17, 15) is 14.9 Å². The quantitative estimate of drug-likeness (QED) is 0.291. The summed E-state index contributed by atoms with van der Waals surface area (Å²) < 4.78 is 0. The highest BCUT2D eigenvalue weighted by molar-refractivity contribution is 5.89. The van der Waals surface area contributed by atoms with Gasteiger partial charge in [0.05, 0.1) is 5.69 Å². The molecule has 0 unspecified atom stereocenters. The number of amides is 2. The van der Waals surface area contributed by atoms with Gasteiger partial charge < -0.3 is 16.4 Å². The van der Waals surface area contributed by atoms with Crippen molar-refractivity contribution in [1.29, 1.82) is 0 Å². The van der Waals surface area contributed by atoms with E-state index in [1.807, 2.05) is 0 Å². The molecule has 0 bridgehead atoms. The minimum Gasteiger partial charge on any atom is -0.365 e. The van der Waals surface area contributed by atoms with Crippen LogP contribution in [0.15, 0.2) is 29.3 Å². The van der Waals surface area contributed by atoms with Crippen LogP contribution in [0.3, 0.4) is 0 Å². The molecule has 1 aliphatic rings. The van der Waals surface area contributed by atoms with Crippen molar-refractivity contribution in [1.82, 2.24) is 10.7 Å². The average Bonchev–Trinajstić information content (AvgIpc) is 2.49. The summed E-state index contributed by atoms with van der Waals surface area (Å²) in [6.45, 7) is 0. The average molecular weight is 320 g/mol. The van der Waals surface area contributed by atoms with Gasteiger partial charge in [0.25, 0.3) is 5.96 Å². The summed E-state index contributed by atoms with van der Waals surface area (Å²) in [6, 6.07) is 6.51. The van der Waals surface area contributed by atoms with Crippen molar-refractivity contribution >= 4 is 23.4 Å². The second-order valence-corrected chi connectivity index (χ2v) is 5.35. The molecule has 0 atom stereocenters. The maximum absolute atomic E-state index is 11.9. The van der Waals surface area contributed by atoms with Crippen molar-refractivity contribution in [2.45, 2.75) is 38.1 Å². The molecule has 9 heteroatoms. The van der Waals surface area contributed by atoms with Crippen molar-refractivity contribution in [3.8, 4) is 0 Å². The van der Waals surface area contributed by atoms with Gasteiger partial charge in [-0.2, -0.15) is 0 Å². The fraction of sp³-hybridized carbons (Fsp3) is 0.429. The number of nitrogens with one attached hydrogen (secondary N) is 3. The number of nitrogens with zero attached hydrogens (tertiary/aromatic N) is 2. The fourth-order valence-corrected chi connectivity index (χ4v) is 2.48. The van der Waals surface area contributed by atoms with Gasteiger partial charge in [0, 0.05) is 11.7 Å². The van der Waals surface area contributed by atoms with E-state index < -0.39 is 5.03 Å². The number of nitrogens with two attached hydrogens (primary N) is 1. The molecule has 23 heavy (non-hydrogen) atoms. The Morgan fingerprint density at radius 1 is 1.22 bits per heavy atom. The van der Waals surface area contributed by atoms with Gasteiger partial charge in [-0.15, -0.1) is 0 Å². The number of benzene rings is 1. The zero-order valence-electron chi connectivity index (χ0n) is 12.6. The number of hydrogen-bond acceptors (Lipinski definition) is 4. The summed E-state index contributed by atoms with van der Waals surface area (Å²) in [5.74, 6) is -0.314. The van der Waals surface area contributed by atoms with Gasteiger partial charge in [0.1, 0.15) is 0 Å². The van der Waals surface area contributed by atoms with Crippen molar-refractivity contribution in [3.05, 3.63) is 34.4 Å². The Morgan fingerprint density at radius 2 is 1.87 bits per heavy atom. The van der Waals surface area contributed by atoms with E-state index in [1.54, 1.807) is 29.7 Å². The topological polar surface area (TPSA) is 135 Å². The van der Waals surface area contributed by atoms with Crippen molar-refractivity contribution in [2.75, 3.05) is 5.32 Å². The van der Waals surface area contributed by atoms with E-state index in [0.29, 0.717) is 11.4 Å². The van der Waals surface area contributed by atoms with Crippen molar-refractivity contribution in [3.63, 3.8) is 0 Å². The Hall–Kier alpha value is -2.84. The first-order chi connectivity index (χ1) is 11.0. The van der Waals surface area contributed by atoms with Crippen LogP contribution in [0.5, 0.6) is 0 Å². The van der Waals surface area contributed by atoms with Crippen LogP contribution < -0.4 is 21.8 Å². The van der Waals surface area contributed by atoms with Gasteiger partial charge in [-0.3, -0.25) is 0 Å². The SMILES string of the molecule is NC(=Nc1ccc(NC(=O)NC2CCCCC2)cc1)N[N+](=O)[O-]. The van der Waals surface area contributed by atoms with Gasteiger partial charge in [0.2, 0.25) is 0 Å². The molecule has 1 saturated carbocycles. The normalized spacial score (nSPS) is 15.7. The van der Waals surface area contributed by atoms with Crippen LogP contribution in [0.25, 0.3) is 0 Å². The van der Waals surface area contributed by atoms with Crippen LogP contribution in [0.1, 0.15) is 32.1 Å². The lowest BCUT2D eigenvalue weighted by atomic mass is 9.96. The fourth-order valence-electron chi connectivity index (χ4n) is 2.48. The Morgan fingerprint density at radius 3 is 2.48 bits per heavy atom. The Labute approximate surface area is 133 Å². The van der Waals surface area contributed by atoms with Gasteiger partial charge in [-0.05, 0) is 37.1 Å². The largest absolute Gasteiger partial charge is 0.365 e. The lowest BCUT2D eigenvalue weighted by Gasteiger charge is -2.22. The van der Waals surface area contributed by atoms with E-state index in [2.05, 4.69) is 15.6 Å². The number of carbonyl (C=O) groups excluding carboxylic acids is 1. The second kappa shape index (κ2) is 7.97. The first-order valence-electron chi connectivity index (χ1n) is 7.46. The second-order valence-electron chi connectivity index (χ2n) is 5.35. The minimum absolute atomic E-state index is 0.234. The first kappa shape index (κ1) is 16.5. The molecule has 1 aromatic rings. The zero-order valence-corrected chi connectivity index (χ0v) is 12.6. The van der Waals surface area contributed by atoms with Gasteiger partial charge in [-0.25, -0.2) is 19.9 Å². The van der Waals surface area contributed by atoms with Crippen LogP contribution in [-0.4, -0.2) is 23.1 Å². The monoisotopic (exact) mass is 320 g/mol. The standard InChI is InChI=1S/C14H20N6O3/c15-13(19-20(22)23)16-11-6-8-12(9-7-11)18-14(21)17-10-4-2-1-3-5-10/h6-10H,1-5H2,(H3,15,16,19)(H2,17,18,21). The smallest absolute Gasteiger partial charge is 0.319 e. The minimum atomic E-state index is -0.787. The molecule has 5 N–H and O–H groups in total.